The summed E-state index contributed by atoms with van der Waals surface area (Å²) in [5.74, 6) is 0.763. The molecule has 0 spiro atoms. The average Bonchev–Trinajstić information content (AvgIpc) is 2.31. The quantitative estimate of drug-likeness (QED) is 0.824. The van der Waals surface area contributed by atoms with E-state index in [1.165, 1.54) is 24.8 Å². The molecular formula is C10H14ClNS. The van der Waals surface area contributed by atoms with E-state index in [0.717, 1.165) is 16.7 Å². The van der Waals surface area contributed by atoms with Crippen molar-refractivity contribution in [1.82, 2.24) is 0 Å². The normalized spacial score (nSPS) is 19.8. The highest BCUT2D eigenvalue weighted by molar-refractivity contribution is 7.14. The second-order valence-electron chi connectivity index (χ2n) is 3.82. The van der Waals surface area contributed by atoms with Crippen LogP contribution in [0.1, 0.15) is 24.8 Å². The molecule has 1 aliphatic rings. The Kier molecular flexibility index (Phi) is 2.92. The molecule has 1 fully saturated rings. The van der Waals surface area contributed by atoms with Gasteiger partial charge in [0.2, 0.25) is 0 Å². The molecule has 1 aliphatic carbocycles. The Balaban J connectivity index is 1.89. The monoisotopic (exact) mass is 215 g/mol. The molecule has 1 atom stereocenters. The molecule has 2 N–H and O–H groups in total. The van der Waals surface area contributed by atoms with Crippen LogP contribution in [-0.4, -0.2) is 6.04 Å². The molecule has 3 heteroatoms. The Morgan fingerprint density at radius 1 is 1.62 bits per heavy atom. The molecule has 0 radical (unpaired) electrons. The maximum Gasteiger partial charge on any atom is 0.0931 e. The first-order chi connectivity index (χ1) is 6.25. The zero-order valence-corrected chi connectivity index (χ0v) is 9.07. The molecule has 72 valence electrons. The highest BCUT2D eigenvalue weighted by atomic mass is 35.5. The van der Waals surface area contributed by atoms with Gasteiger partial charge < -0.3 is 5.73 Å². The van der Waals surface area contributed by atoms with E-state index in [2.05, 4.69) is 5.38 Å². The average molecular weight is 216 g/mol. The van der Waals surface area contributed by atoms with E-state index >= 15 is 0 Å². The van der Waals surface area contributed by atoms with Gasteiger partial charge >= 0.3 is 0 Å². The molecule has 1 heterocycles. The van der Waals surface area contributed by atoms with Crippen molar-refractivity contribution in [1.29, 1.82) is 0 Å². The highest BCUT2D eigenvalue weighted by Crippen LogP contribution is 2.31. The van der Waals surface area contributed by atoms with Crippen LogP contribution in [0.3, 0.4) is 0 Å². The molecular weight excluding hydrogens is 202 g/mol. The smallest absolute Gasteiger partial charge is 0.0931 e. The Labute approximate surface area is 87.9 Å². The van der Waals surface area contributed by atoms with Gasteiger partial charge in [-0.15, -0.1) is 11.3 Å². The lowest BCUT2D eigenvalue weighted by Crippen LogP contribution is -2.36. The Morgan fingerprint density at radius 2 is 2.38 bits per heavy atom. The number of thiophene rings is 1. The first-order valence-electron chi connectivity index (χ1n) is 4.74. The van der Waals surface area contributed by atoms with Crippen LogP contribution in [0.15, 0.2) is 11.4 Å². The Morgan fingerprint density at radius 3 is 2.85 bits per heavy atom. The molecule has 1 nitrogen and oxygen atoms in total. The van der Waals surface area contributed by atoms with E-state index in [0.29, 0.717) is 6.04 Å². The van der Waals surface area contributed by atoms with Crippen molar-refractivity contribution in [2.24, 2.45) is 11.7 Å². The molecule has 1 saturated carbocycles. The van der Waals surface area contributed by atoms with Crippen LogP contribution in [0.5, 0.6) is 0 Å². The largest absolute Gasteiger partial charge is 0.327 e. The first-order valence-corrected chi connectivity index (χ1v) is 6.00. The summed E-state index contributed by atoms with van der Waals surface area (Å²) in [5.41, 5.74) is 7.38. The van der Waals surface area contributed by atoms with E-state index in [-0.39, 0.29) is 0 Å². The van der Waals surface area contributed by atoms with Gasteiger partial charge in [-0.05, 0) is 42.2 Å². The van der Waals surface area contributed by atoms with Gasteiger partial charge in [-0.1, -0.05) is 18.0 Å². The van der Waals surface area contributed by atoms with Crippen molar-refractivity contribution in [3.63, 3.8) is 0 Å². The van der Waals surface area contributed by atoms with Crippen molar-refractivity contribution in [2.45, 2.75) is 31.7 Å². The molecule has 1 aromatic rings. The van der Waals surface area contributed by atoms with Crippen LogP contribution in [0.2, 0.25) is 4.34 Å². The molecule has 1 unspecified atom stereocenters. The molecule has 0 saturated heterocycles. The number of nitrogens with two attached hydrogens (primary N) is 1. The zero-order valence-electron chi connectivity index (χ0n) is 7.50. The van der Waals surface area contributed by atoms with Crippen LogP contribution in [0, 0.1) is 5.92 Å². The molecule has 0 bridgehead atoms. The van der Waals surface area contributed by atoms with Crippen molar-refractivity contribution in [3.8, 4) is 0 Å². The zero-order chi connectivity index (χ0) is 9.26. The number of hydrogen-bond acceptors (Lipinski definition) is 2. The summed E-state index contributed by atoms with van der Waals surface area (Å²) in [7, 11) is 0. The van der Waals surface area contributed by atoms with Gasteiger partial charge in [0.05, 0.1) is 4.34 Å². The standard InChI is InChI=1S/C10H14ClNS/c11-10-5-7(6-13-10)4-9(12)8-2-1-3-8/h5-6,8-9H,1-4,12H2. The van der Waals surface area contributed by atoms with Crippen LogP contribution in [0.4, 0.5) is 0 Å². The molecule has 0 amide bonds. The minimum Gasteiger partial charge on any atom is -0.327 e. The molecule has 1 aromatic heterocycles. The van der Waals surface area contributed by atoms with Crippen LogP contribution < -0.4 is 5.73 Å². The maximum absolute atomic E-state index is 6.08. The summed E-state index contributed by atoms with van der Waals surface area (Å²) >= 11 is 7.44. The fourth-order valence-electron chi connectivity index (χ4n) is 1.76. The van der Waals surface area contributed by atoms with Gasteiger partial charge in [0.1, 0.15) is 0 Å². The van der Waals surface area contributed by atoms with E-state index < -0.39 is 0 Å². The lowest BCUT2D eigenvalue weighted by Gasteiger charge is -2.31. The number of hydrogen-bond donors (Lipinski definition) is 1. The highest BCUT2D eigenvalue weighted by Gasteiger charge is 2.24. The van der Waals surface area contributed by atoms with Gasteiger partial charge in [0.25, 0.3) is 0 Å². The van der Waals surface area contributed by atoms with Crippen LogP contribution >= 0.6 is 22.9 Å². The van der Waals surface area contributed by atoms with Gasteiger partial charge in [-0.3, -0.25) is 0 Å². The lowest BCUT2D eigenvalue weighted by molar-refractivity contribution is 0.260. The third-order valence-corrected chi connectivity index (χ3v) is 3.99. The van der Waals surface area contributed by atoms with E-state index in [1.54, 1.807) is 11.3 Å². The summed E-state index contributed by atoms with van der Waals surface area (Å²) in [6.07, 6.45) is 4.99. The van der Waals surface area contributed by atoms with Crippen LogP contribution in [-0.2, 0) is 6.42 Å². The fourth-order valence-corrected chi connectivity index (χ4v) is 2.68. The summed E-state index contributed by atoms with van der Waals surface area (Å²) in [6.45, 7) is 0. The van der Waals surface area contributed by atoms with Crippen molar-refractivity contribution in [2.75, 3.05) is 0 Å². The summed E-state index contributed by atoms with van der Waals surface area (Å²) in [6, 6.07) is 2.38. The number of rotatable bonds is 3. The van der Waals surface area contributed by atoms with E-state index in [9.17, 15) is 0 Å². The topological polar surface area (TPSA) is 26.0 Å². The third kappa shape index (κ3) is 2.25. The maximum atomic E-state index is 6.08. The van der Waals surface area contributed by atoms with E-state index in [4.69, 9.17) is 17.3 Å². The first kappa shape index (κ1) is 9.50. The minimum atomic E-state index is 0.347. The van der Waals surface area contributed by atoms with Gasteiger partial charge in [0.15, 0.2) is 0 Å². The van der Waals surface area contributed by atoms with Crippen molar-refractivity contribution in [3.05, 3.63) is 21.3 Å². The summed E-state index contributed by atoms with van der Waals surface area (Å²) in [5, 5.41) is 2.11. The van der Waals surface area contributed by atoms with Gasteiger partial charge in [-0.25, -0.2) is 0 Å². The predicted molar refractivity (Wildman–Crippen MR) is 58.3 cm³/mol. The lowest BCUT2D eigenvalue weighted by atomic mass is 9.78. The second-order valence-corrected chi connectivity index (χ2v) is 5.36. The summed E-state index contributed by atoms with van der Waals surface area (Å²) < 4.78 is 0.871. The second kappa shape index (κ2) is 3.99. The fraction of sp³-hybridized carbons (Fsp3) is 0.600. The SMILES string of the molecule is NC(Cc1csc(Cl)c1)C1CCC1. The Bertz CT molecular complexity index is 280. The van der Waals surface area contributed by atoms with Crippen LogP contribution in [0.25, 0.3) is 0 Å². The van der Waals surface area contributed by atoms with Gasteiger partial charge in [0, 0.05) is 6.04 Å². The molecule has 0 aliphatic heterocycles. The predicted octanol–water partition coefficient (Wildman–Crippen LogP) is 3.07. The summed E-state index contributed by atoms with van der Waals surface area (Å²) in [4.78, 5) is 0. The van der Waals surface area contributed by atoms with Crippen molar-refractivity contribution >= 4 is 22.9 Å². The molecule has 2 rings (SSSR count). The van der Waals surface area contributed by atoms with E-state index in [1.807, 2.05) is 6.07 Å². The molecule has 13 heavy (non-hydrogen) atoms. The molecule has 0 aromatic carbocycles. The van der Waals surface area contributed by atoms with Gasteiger partial charge in [-0.2, -0.15) is 0 Å². The Hall–Kier alpha value is -0.0500. The number of halogens is 1. The minimum absolute atomic E-state index is 0.347. The van der Waals surface area contributed by atoms with Crippen molar-refractivity contribution < 1.29 is 0 Å². The third-order valence-electron chi connectivity index (χ3n) is 2.85.